The molecule has 0 aromatic heterocycles. The van der Waals surface area contributed by atoms with Crippen LogP contribution >= 0.6 is 12.4 Å². The molecule has 0 unspecified atom stereocenters. The summed E-state index contributed by atoms with van der Waals surface area (Å²) in [5.41, 5.74) is 2.09. The largest absolute Gasteiger partial charge is 0.294 e. The van der Waals surface area contributed by atoms with Gasteiger partial charge in [0.1, 0.15) is 0 Å². The number of hydrazine groups is 1. The molecule has 1 aliphatic rings. The highest BCUT2D eigenvalue weighted by molar-refractivity contribution is 5.85. The van der Waals surface area contributed by atoms with Crippen LogP contribution in [-0.2, 0) is 4.79 Å². The molecule has 3 N–H and O–H groups in total. The molecule has 1 aliphatic carbocycles. The molecule has 0 aromatic carbocycles. The van der Waals surface area contributed by atoms with Crippen molar-refractivity contribution in [1.82, 2.24) is 5.43 Å². The molecular formula is C4H9ClN2O. The molecular weight excluding hydrogens is 128 g/mol. The van der Waals surface area contributed by atoms with Gasteiger partial charge in [-0.1, -0.05) is 0 Å². The normalized spacial score (nSPS) is 16.6. The Morgan fingerprint density at radius 3 is 2.25 bits per heavy atom. The van der Waals surface area contributed by atoms with Crippen molar-refractivity contribution in [2.45, 2.75) is 12.8 Å². The van der Waals surface area contributed by atoms with Crippen LogP contribution in [0.1, 0.15) is 12.8 Å². The van der Waals surface area contributed by atoms with E-state index in [1.165, 1.54) is 0 Å². The fourth-order valence-corrected chi connectivity index (χ4v) is 0.463. The van der Waals surface area contributed by atoms with Crippen molar-refractivity contribution in [3.63, 3.8) is 0 Å². The molecule has 0 spiro atoms. The summed E-state index contributed by atoms with van der Waals surface area (Å²) in [6, 6.07) is 0. The van der Waals surface area contributed by atoms with Crippen molar-refractivity contribution in [3.8, 4) is 0 Å². The third-order valence-corrected chi connectivity index (χ3v) is 1.09. The molecule has 0 radical (unpaired) electrons. The molecule has 0 aromatic rings. The summed E-state index contributed by atoms with van der Waals surface area (Å²) in [6.07, 6.45) is 2.03. The Hall–Kier alpha value is -0.280. The lowest BCUT2D eigenvalue weighted by molar-refractivity contribution is -0.122. The number of nitrogens with two attached hydrogens (primary N) is 1. The van der Waals surface area contributed by atoms with Crippen LogP contribution in [0.2, 0.25) is 0 Å². The third kappa shape index (κ3) is 1.68. The number of hydrogen-bond donors (Lipinski definition) is 2. The van der Waals surface area contributed by atoms with E-state index < -0.39 is 0 Å². The van der Waals surface area contributed by atoms with Crippen LogP contribution in [0.3, 0.4) is 0 Å². The molecule has 0 bridgehead atoms. The summed E-state index contributed by atoms with van der Waals surface area (Å²) in [6.45, 7) is 0. The Kier molecular flexibility index (Phi) is 2.79. The number of hydrogen-bond acceptors (Lipinski definition) is 2. The van der Waals surface area contributed by atoms with E-state index in [0.29, 0.717) is 0 Å². The molecule has 0 atom stereocenters. The first-order chi connectivity index (χ1) is 3.34. The van der Waals surface area contributed by atoms with Crippen LogP contribution in [0.15, 0.2) is 0 Å². The number of nitrogens with one attached hydrogen (secondary N) is 1. The number of amides is 1. The van der Waals surface area contributed by atoms with Gasteiger partial charge in [0.2, 0.25) is 5.91 Å². The molecule has 1 saturated carbocycles. The summed E-state index contributed by atoms with van der Waals surface area (Å²) in [4.78, 5) is 10.3. The maximum Gasteiger partial charge on any atom is 0.236 e. The second-order valence-electron chi connectivity index (χ2n) is 1.78. The Morgan fingerprint density at radius 2 is 2.12 bits per heavy atom. The topological polar surface area (TPSA) is 55.1 Å². The molecule has 0 aliphatic heterocycles. The Labute approximate surface area is 54.0 Å². The molecule has 0 heterocycles. The van der Waals surface area contributed by atoms with E-state index in [0.717, 1.165) is 12.8 Å². The second kappa shape index (κ2) is 2.89. The van der Waals surface area contributed by atoms with Crippen molar-refractivity contribution in [3.05, 3.63) is 0 Å². The number of halogens is 1. The van der Waals surface area contributed by atoms with Gasteiger partial charge in [-0.05, 0) is 12.8 Å². The van der Waals surface area contributed by atoms with Crippen molar-refractivity contribution in [2.75, 3.05) is 0 Å². The average molecular weight is 137 g/mol. The highest BCUT2D eigenvalue weighted by Gasteiger charge is 2.28. The minimum Gasteiger partial charge on any atom is -0.294 e. The first-order valence-electron chi connectivity index (χ1n) is 2.35. The lowest BCUT2D eigenvalue weighted by Crippen LogP contribution is -2.31. The van der Waals surface area contributed by atoms with Crippen LogP contribution < -0.4 is 11.3 Å². The van der Waals surface area contributed by atoms with Crippen molar-refractivity contribution >= 4 is 18.3 Å². The van der Waals surface area contributed by atoms with Gasteiger partial charge in [-0.25, -0.2) is 5.84 Å². The van der Waals surface area contributed by atoms with Crippen LogP contribution in [0, 0.1) is 5.92 Å². The predicted molar refractivity (Wildman–Crippen MR) is 32.3 cm³/mol. The van der Waals surface area contributed by atoms with E-state index in [4.69, 9.17) is 5.84 Å². The van der Waals surface area contributed by atoms with Gasteiger partial charge < -0.3 is 0 Å². The molecule has 48 valence electrons. The molecule has 4 heteroatoms. The van der Waals surface area contributed by atoms with Crippen LogP contribution in [0.25, 0.3) is 0 Å². The van der Waals surface area contributed by atoms with Crippen LogP contribution in [-0.4, -0.2) is 5.91 Å². The van der Waals surface area contributed by atoms with E-state index in [9.17, 15) is 4.79 Å². The number of carbonyl (C=O) groups is 1. The highest BCUT2D eigenvalue weighted by atomic mass is 35.5. The molecule has 1 fully saturated rings. The van der Waals surface area contributed by atoms with Gasteiger partial charge in [0, 0.05) is 5.92 Å². The Bertz CT molecular complexity index is 92.0. The van der Waals surface area contributed by atoms with Gasteiger partial charge in [-0.2, -0.15) is 0 Å². The lowest BCUT2D eigenvalue weighted by Gasteiger charge is -1.89. The zero-order valence-electron chi connectivity index (χ0n) is 4.39. The van der Waals surface area contributed by atoms with Crippen molar-refractivity contribution in [1.29, 1.82) is 0 Å². The van der Waals surface area contributed by atoms with Crippen molar-refractivity contribution in [2.24, 2.45) is 11.8 Å². The predicted octanol–water partition coefficient (Wildman–Crippen LogP) is -0.192. The quantitative estimate of drug-likeness (QED) is 0.298. The average Bonchev–Trinajstić information content (AvgIpc) is 2.44. The zero-order valence-corrected chi connectivity index (χ0v) is 5.20. The summed E-state index contributed by atoms with van der Waals surface area (Å²) < 4.78 is 0. The molecule has 3 nitrogen and oxygen atoms in total. The van der Waals surface area contributed by atoms with Crippen LogP contribution in [0.5, 0.6) is 0 Å². The summed E-state index contributed by atoms with van der Waals surface area (Å²) >= 11 is 0. The van der Waals surface area contributed by atoms with Gasteiger partial charge in [0.25, 0.3) is 0 Å². The van der Waals surface area contributed by atoms with Gasteiger partial charge in [-0.15, -0.1) is 12.4 Å². The van der Waals surface area contributed by atoms with E-state index in [2.05, 4.69) is 5.43 Å². The Morgan fingerprint density at radius 1 is 1.62 bits per heavy atom. The molecule has 1 rings (SSSR count). The SMILES string of the molecule is Cl.NNC(=O)C1CC1. The van der Waals surface area contributed by atoms with Gasteiger partial charge >= 0.3 is 0 Å². The molecule has 8 heavy (non-hydrogen) atoms. The molecule has 1 amide bonds. The fraction of sp³-hybridized carbons (Fsp3) is 0.750. The van der Waals surface area contributed by atoms with E-state index in [1.54, 1.807) is 0 Å². The van der Waals surface area contributed by atoms with E-state index >= 15 is 0 Å². The Balaban J connectivity index is 0.000000490. The minimum atomic E-state index is -0.0139. The maximum atomic E-state index is 10.3. The van der Waals surface area contributed by atoms with E-state index in [1.807, 2.05) is 0 Å². The maximum absolute atomic E-state index is 10.3. The fourth-order valence-electron chi connectivity index (χ4n) is 0.463. The van der Waals surface area contributed by atoms with Crippen molar-refractivity contribution < 1.29 is 4.79 Å². The van der Waals surface area contributed by atoms with Crippen LogP contribution in [0.4, 0.5) is 0 Å². The summed E-state index contributed by atoms with van der Waals surface area (Å²) in [7, 11) is 0. The third-order valence-electron chi connectivity index (χ3n) is 1.09. The second-order valence-corrected chi connectivity index (χ2v) is 1.78. The zero-order chi connectivity index (χ0) is 5.28. The standard InChI is InChI=1S/C4H8N2O.ClH/c5-6-4(7)3-1-2-3;/h3H,1-2,5H2,(H,6,7);1H. The smallest absolute Gasteiger partial charge is 0.236 e. The van der Waals surface area contributed by atoms with Gasteiger partial charge in [-0.3, -0.25) is 10.2 Å². The summed E-state index contributed by atoms with van der Waals surface area (Å²) in [5.74, 6) is 5.04. The number of rotatable bonds is 1. The molecule has 0 saturated heterocycles. The first-order valence-corrected chi connectivity index (χ1v) is 2.35. The summed E-state index contributed by atoms with van der Waals surface area (Å²) in [5, 5.41) is 0. The highest BCUT2D eigenvalue weighted by Crippen LogP contribution is 2.28. The van der Waals surface area contributed by atoms with Gasteiger partial charge in [0.05, 0.1) is 0 Å². The minimum absolute atomic E-state index is 0. The first kappa shape index (κ1) is 7.72. The van der Waals surface area contributed by atoms with Gasteiger partial charge in [0.15, 0.2) is 0 Å². The lowest BCUT2D eigenvalue weighted by atomic mass is 10.4. The number of carbonyl (C=O) groups excluding carboxylic acids is 1. The monoisotopic (exact) mass is 136 g/mol. The van der Waals surface area contributed by atoms with E-state index in [-0.39, 0.29) is 24.2 Å².